The molecule has 0 rings (SSSR count). The third-order valence-electron chi connectivity index (χ3n) is 2.97. The molecule has 0 radical (unpaired) electrons. The molecule has 0 amide bonds. The van der Waals surface area contributed by atoms with Gasteiger partial charge in [-0.15, -0.1) is 0 Å². The molecule has 1 unspecified atom stereocenters. The zero-order valence-electron chi connectivity index (χ0n) is 10.5. The largest absolute Gasteiger partial charge is 0.331 e. The Hall–Kier alpha value is -0.120. The highest BCUT2D eigenvalue weighted by Gasteiger charge is 2.30. The van der Waals surface area contributed by atoms with Gasteiger partial charge in [-0.1, -0.05) is 20.8 Å². The number of quaternary nitrogens is 1. The van der Waals surface area contributed by atoms with Crippen LogP contribution in [-0.4, -0.2) is 43.5 Å². The van der Waals surface area contributed by atoms with E-state index in [4.69, 9.17) is 5.26 Å². The van der Waals surface area contributed by atoms with Gasteiger partial charge in [0.1, 0.15) is 6.10 Å². The summed E-state index contributed by atoms with van der Waals surface area (Å²) in [6.45, 7) is 7.39. The van der Waals surface area contributed by atoms with Crippen molar-refractivity contribution in [3.8, 4) is 0 Å². The predicted octanol–water partition coefficient (Wildman–Crippen LogP) is 2.38. The second-order valence-electron chi connectivity index (χ2n) is 5.74. The lowest BCUT2D eigenvalue weighted by atomic mass is 9.82. The van der Waals surface area contributed by atoms with Crippen LogP contribution in [0.4, 0.5) is 0 Å². The van der Waals surface area contributed by atoms with Crippen LogP contribution in [0, 0.1) is 5.41 Å². The first-order valence-corrected chi connectivity index (χ1v) is 5.33. The van der Waals surface area contributed by atoms with Gasteiger partial charge in [0.25, 0.3) is 0 Å². The van der Waals surface area contributed by atoms with Gasteiger partial charge in [0.15, 0.2) is 0 Å². The maximum atomic E-state index is 8.88. The number of hydrogen-bond acceptors (Lipinski definition) is 2. The summed E-state index contributed by atoms with van der Waals surface area (Å²) in [5.41, 5.74) is 0.0456. The van der Waals surface area contributed by atoms with Crippen molar-refractivity contribution in [2.45, 2.75) is 39.7 Å². The molecule has 0 saturated heterocycles. The van der Waals surface area contributed by atoms with Gasteiger partial charge in [-0.3, -0.25) is 5.26 Å². The van der Waals surface area contributed by atoms with Crippen LogP contribution >= 0.6 is 0 Å². The second kappa shape index (κ2) is 5.10. The number of nitrogens with zero attached hydrogens (tertiary/aromatic N) is 1. The van der Waals surface area contributed by atoms with Crippen molar-refractivity contribution < 1.29 is 14.6 Å². The van der Waals surface area contributed by atoms with Crippen molar-refractivity contribution in [1.29, 1.82) is 0 Å². The highest BCUT2D eigenvalue weighted by atomic mass is 17.1. The van der Waals surface area contributed by atoms with E-state index in [2.05, 4.69) is 46.8 Å². The average molecular weight is 204 g/mol. The van der Waals surface area contributed by atoms with E-state index in [1.165, 1.54) is 0 Å². The molecule has 0 heterocycles. The third-order valence-corrected chi connectivity index (χ3v) is 2.97. The second-order valence-corrected chi connectivity index (χ2v) is 5.74. The molecule has 0 aromatic rings. The van der Waals surface area contributed by atoms with E-state index in [0.717, 1.165) is 23.9 Å². The molecule has 0 aliphatic carbocycles. The molecule has 1 N–H and O–H groups in total. The minimum Gasteiger partial charge on any atom is -0.331 e. The van der Waals surface area contributed by atoms with Gasteiger partial charge < -0.3 is 4.48 Å². The van der Waals surface area contributed by atoms with Crippen molar-refractivity contribution >= 4 is 0 Å². The summed E-state index contributed by atoms with van der Waals surface area (Å²) in [7, 11) is 6.44. The minimum absolute atomic E-state index is 0.0456. The molecular weight excluding hydrogens is 178 g/mol. The van der Waals surface area contributed by atoms with Crippen molar-refractivity contribution in [3.05, 3.63) is 0 Å². The van der Waals surface area contributed by atoms with Gasteiger partial charge in [0.2, 0.25) is 0 Å². The summed E-state index contributed by atoms with van der Waals surface area (Å²) in [5.74, 6) is 0. The zero-order chi connectivity index (χ0) is 11.4. The van der Waals surface area contributed by atoms with Crippen LogP contribution in [0.15, 0.2) is 0 Å². The van der Waals surface area contributed by atoms with Crippen molar-refractivity contribution in [2.75, 3.05) is 27.7 Å². The van der Waals surface area contributed by atoms with E-state index in [-0.39, 0.29) is 11.5 Å². The Morgan fingerprint density at radius 3 is 2.07 bits per heavy atom. The average Bonchev–Trinajstić information content (AvgIpc) is 2.03. The molecule has 3 heteroatoms. The summed E-state index contributed by atoms with van der Waals surface area (Å²) in [4.78, 5) is 4.59. The Morgan fingerprint density at radius 1 is 1.29 bits per heavy atom. The lowest BCUT2D eigenvalue weighted by molar-refractivity contribution is -0.871. The molecule has 0 saturated carbocycles. The molecule has 0 aliphatic rings. The Labute approximate surface area is 88.2 Å². The van der Waals surface area contributed by atoms with Crippen LogP contribution in [0.5, 0.6) is 0 Å². The summed E-state index contributed by atoms with van der Waals surface area (Å²) in [6, 6.07) is 0. The lowest BCUT2D eigenvalue weighted by Gasteiger charge is -2.33. The number of rotatable bonds is 6. The van der Waals surface area contributed by atoms with E-state index in [1.54, 1.807) is 0 Å². The van der Waals surface area contributed by atoms with E-state index >= 15 is 0 Å². The summed E-state index contributed by atoms with van der Waals surface area (Å²) in [6.07, 6.45) is 1.83. The maximum absolute atomic E-state index is 8.88. The molecule has 0 spiro atoms. The van der Waals surface area contributed by atoms with Crippen LogP contribution in [0.1, 0.15) is 33.6 Å². The molecule has 0 aliphatic heterocycles. The normalized spacial score (nSPS) is 15.6. The monoisotopic (exact) mass is 204 g/mol. The molecule has 0 bridgehead atoms. The third kappa shape index (κ3) is 4.94. The summed E-state index contributed by atoms with van der Waals surface area (Å²) < 4.78 is 0.902. The Bertz CT molecular complexity index is 161. The molecule has 0 aromatic heterocycles. The molecular formula is C11H26NO2+. The van der Waals surface area contributed by atoms with Gasteiger partial charge in [0.05, 0.1) is 27.7 Å². The molecule has 3 nitrogen and oxygen atoms in total. The highest BCUT2D eigenvalue weighted by Crippen LogP contribution is 2.29. The quantitative estimate of drug-likeness (QED) is 0.409. The van der Waals surface area contributed by atoms with E-state index in [1.807, 2.05) is 0 Å². The molecule has 86 valence electrons. The summed E-state index contributed by atoms with van der Waals surface area (Å²) in [5, 5.41) is 8.88. The SMILES string of the molecule is CCC(C)(C)C(CC[N+](C)(C)C)OO. The van der Waals surface area contributed by atoms with Crippen molar-refractivity contribution in [3.63, 3.8) is 0 Å². The molecule has 0 aromatic carbocycles. The topological polar surface area (TPSA) is 29.5 Å². The fourth-order valence-electron chi connectivity index (χ4n) is 1.32. The molecule has 0 fully saturated rings. The lowest BCUT2D eigenvalue weighted by Crippen LogP contribution is -2.40. The van der Waals surface area contributed by atoms with Crippen LogP contribution in [-0.2, 0) is 4.89 Å². The first-order chi connectivity index (χ1) is 6.23. The Balaban J connectivity index is 4.17. The first-order valence-electron chi connectivity index (χ1n) is 5.33. The van der Waals surface area contributed by atoms with Crippen LogP contribution in [0.3, 0.4) is 0 Å². The van der Waals surface area contributed by atoms with Gasteiger partial charge in [-0.05, 0) is 11.8 Å². The van der Waals surface area contributed by atoms with Gasteiger partial charge >= 0.3 is 0 Å². The fourth-order valence-corrected chi connectivity index (χ4v) is 1.32. The Morgan fingerprint density at radius 2 is 1.79 bits per heavy atom. The van der Waals surface area contributed by atoms with Crippen LogP contribution < -0.4 is 0 Å². The van der Waals surface area contributed by atoms with Gasteiger partial charge in [-0.2, -0.15) is 0 Å². The van der Waals surface area contributed by atoms with Crippen molar-refractivity contribution in [2.24, 2.45) is 5.41 Å². The highest BCUT2D eigenvalue weighted by molar-refractivity contribution is 4.76. The minimum atomic E-state index is -0.0650. The standard InChI is InChI=1S/C11H25NO2/c1-7-11(2,3)10(14-13)8-9-12(4,5)6/h10H,7-9H2,1-6H3/p+1. The van der Waals surface area contributed by atoms with E-state index in [0.29, 0.717) is 0 Å². The predicted molar refractivity (Wildman–Crippen MR) is 59.1 cm³/mol. The molecule has 14 heavy (non-hydrogen) atoms. The van der Waals surface area contributed by atoms with Crippen molar-refractivity contribution in [1.82, 2.24) is 0 Å². The smallest absolute Gasteiger partial charge is 0.103 e. The van der Waals surface area contributed by atoms with Gasteiger partial charge in [0, 0.05) is 6.42 Å². The van der Waals surface area contributed by atoms with Gasteiger partial charge in [-0.25, -0.2) is 4.89 Å². The van der Waals surface area contributed by atoms with Crippen LogP contribution in [0.2, 0.25) is 0 Å². The first kappa shape index (κ1) is 13.9. The maximum Gasteiger partial charge on any atom is 0.103 e. The number of hydrogen-bond donors (Lipinski definition) is 1. The zero-order valence-corrected chi connectivity index (χ0v) is 10.5. The summed E-state index contributed by atoms with van der Waals surface area (Å²) >= 11 is 0. The van der Waals surface area contributed by atoms with E-state index < -0.39 is 0 Å². The molecule has 1 atom stereocenters. The Kier molecular flexibility index (Phi) is 5.06. The fraction of sp³-hybridized carbons (Fsp3) is 1.00. The van der Waals surface area contributed by atoms with Crippen LogP contribution in [0.25, 0.3) is 0 Å². The van der Waals surface area contributed by atoms with E-state index in [9.17, 15) is 0 Å².